The lowest BCUT2D eigenvalue weighted by Gasteiger charge is -2.29. The van der Waals surface area contributed by atoms with Crippen molar-refractivity contribution < 1.29 is 9.47 Å². The minimum atomic E-state index is -0.147. The van der Waals surface area contributed by atoms with Gasteiger partial charge in [-0.3, -0.25) is 0 Å². The van der Waals surface area contributed by atoms with Gasteiger partial charge in [0.15, 0.2) is 11.5 Å². The van der Waals surface area contributed by atoms with Gasteiger partial charge in [-0.1, -0.05) is 66.7 Å². The van der Waals surface area contributed by atoms with Crippen LogP contribution in [0.1, 0.15) is 28.2 Å². The molecule has 0 saturated carbocycles. The molecule has 0 radical (unpaired) electrons. The molecule has 4 aromatic carbocycles. The standard InChI is InChI=1S/C30H22N4O2/c1-18-7-3-5-9-22(18)28-32-29-27-25(20-11-14-21(35-2)15-12-20)26-23-10-6-4-8-19(23)13-16-24(26)36-30(27)31-17-34(29)33-28/h3-17,25H,1-2H3. The van der Waals surface area contributed by atoms with Crippen molar-refractivity contribution in [1.82, 2.24) is 19.6 Å². The first-order valence-corrected chi connectivity index (χ1v) is 11.9. The van der Waals surface area contributed by atoms with Crippen LogP contribution in [0.3, 0.4) is 0 Å². The Bertz CT molecular complexity index is 1770. The third-order valence-electron chi connectivity index (χ3n) is 6.94. The summed E-state index contributed by atoms with van der Waals surface area (Å²) in [6.07, 6.45) is 1.68. The molecule has 36 heavy (non-hydrogen) atoms. The van der Waals surface area contributed by atoms with Crippen molar-refractivity contribution in [3.63, 3.8) is 0 Å². The number of hydrogen-bond acceptors (Lipinski definition) is 5. The Kier molecular flexibility index (Phi) is 4.54. The molecule has 6 aromatic rings. The van der Waals surface area contributed by atoms with Gasteiger partial charge in [0.25, 0.3) is 0 Å². The predicted octanol–water partition coefficient (Wildman–Crippen LogP) is 6.55. The molecule has 2 aromatic heterocycles. The van der Waals surface area contributed by atoms with Gasteiger partial charge in [-0.05, 0) is 47.0 Å². The van der Waals surface area contributed by atoms with E-state index >= 15 is 0 Å². The summed E-state index contributed by atoms with van der Waals surface area (Å²) in [7, 11) is 1.68. The Hall–Kier alpha value is -4.71. The fraction of sp³-hybridized carbons (Fsp3) is 0.100. The summed E-state index contributed by atoms with van der Waals surface area (Å²) in [4.78, 5) is 9.71. The quantitative estimate of drug-likeness (QED) is 0.293. The van der Waals surface area contributed by atoms with Crippen LogP contribution >= 0.6 is 0 Å². The molecule has 6 nitrogen and oxygen atoms in total. The lowest BCUT2D eigenvalue weighted by molar-refractivity contribution is 0.414. The van der Waals surface area contributed by atoms with Crippen LogP contribution in [0.2, 0.25) is 0 Å². The molecule has 0 fully saturated rings. The molecule has 7 rings (SSSR count). The number of methoxy groups -OCH3 is 1. The molecule has 0 amide bonds. The van der Waals surface area contributed by atoms with Crippen molar-refractivity contribution in [3.05, 3.63) is 114 Å². The fourth-order valence-electron chi connectivity index (χ4n) is 5.17. The van der Waals surface area contributed by atoms with E-state index in [4.69, 9.17) is 19.6 Å². The van der Waals surface area contributed by atoms with Gasteiger partial charge in [0.2, 0.25) is 5.88 Å². The Morgan fingerprint density at radius 2 is 1.67 bits per heavy atom. The minimum absolute atomic E-state index is 0.147. The lowest BCUT2D eigenvalue weighted by atomic mass is 9.81. The van der Waals surface area contributed by atoms with Crippen LogP contribution in [-0.2, 0) is 0 Å². The average Bonchev–Trinajstić information content (AvgIpc) is 3.36. The Labute approximate surface area is 207 Å². The molecule has 0 N–H and O–H groups in total. The Morgan fingerprint density at radius 3 is 2.50 bits per heavy atom. The van der Waals surface area contributed by atoms with Gasteiger partial charge in [0.05, 0.1) is 12.7 Å². The van der Waals surface area contributed by atoms with E-state index < -0.39 is 0 Å². The number of nitrogens with zero attached hydrogens (tertiary/aromatic N) is 4. The number of benzene rings is 4. The SMILES string of the molecule is COc1ccc(C2c3c(ccc4ccccc34)Oc3ncn4nc(-c5ccccc5C)nc4c32)cc1. The molecule has 1 atom stereocenters. The van der Waals surface area contributed by atoms with E-state index in [-0.39, 0.29) is 5.92 Å². The number of ether oxygens (including phenoxy) is 2. The molecule has 6 heteroatoms. The molecule has 174 valence electrons. The van der Waals surface area contributed by atoms with Crippen LogP contribution in [-0.4, -0.2) is 26.7 Å². The van der Waals surface area contributed by atoms with Crippen LogP contribution in [0.25, 0.3) is 27.8 Å². The normalized spacial score (nSPS) is 14.3. The largest absolute Gasteiger partial charge is 0.497 e. The summed E-state index contributed by atoms with van der Waals surface area (Å²) in [6.45, 7) is 2.07. The second-order valence-electron chi connectivity index (χ2n) is 8.99. The summed E-state index contributed by atoms with van der Waals surface area (Å²) < 4.78 is 13.6. The van der Waals surface area contributed by atoms with E-state index in [0.717, 1.165) is 55.7 Å². The van der Waals surface area contributed by atoms with Crippen molar-refractivity contribution in [2.75, 3.05) is 7.11 Å². The van der Waals surface area contributed by atoms with Crippen molar-refractivity contribution >= 4 is 16.4 Å². The van der Waals surface area contributed by atoms with E-state index in [1.165, 1.54) is 0 Å². The number of rotatable bonds is 3. The minimum Gasteiger partial charge on any atom is -0.497 e. The summed E-state index contributed by atoms with van der Waals surface area (Å²) in [6, 6.07) is 28.9. The van der Waals surface area contributed by atoms with Gasteiger partial charge < -0.3 is 9.47 Å². The van der Waals surface area contributed by atoms with Gasteiger partial charge in [0, 0.05) is 17.0 Å². The molecular weight excluding hydrogens is 448 g/mol. The zero-order valence-corrected chi connectivity index (χ0v) is 19.8. The summed E-state index contributed by atoms with van der Waals surface area (Å²) >= 11 is 0. The van der Waals surface area contributed by atoms with Crippen LogP contribution in [0.5, 0.6) is 17.4 Å². The first kappa shape index (κ1) is 20.6. The lowest BCUT2D eigenvalue weighted by Crippen LogP contribution is -2.15. The number of aryl methyl sites for hydroxylation is 1. The molecule has 1 aliphatic heterocycles. The highest BCUT2D eigenvalue weighted by Gasteiger charge is 2.34. The van der Waals surface area contributed by atoms with Crippen LogP contribution in [0.4, 0.5) is 0 Å². The summed E-state index contributed by atoms with van der Waals surface area (Å²) in [5.74, 6) is 2.68. The van der Waals surface area contributed by atoms with Gasteiger partial charge in [-0.15, -0.1) is 5.10 Å². The molecule has 1 aliphatic rings. The molecular formula is C30H22N4O2. The maximum Gasteiger partial charge on any atom is 0.228 e. The van der Waals surface area contributed by atoms with E-state index in [0.29, 0.717) is 11.7 Å². The molecule has 0 bridgehead atoms. The van der Waals surface area contributed by atoms with Gasteiger partial charge >= 0.3 is 0 Å². The molecule has 0 saturated heterocycles. The van der Waals surface area contributed by atoms with Gasteiger partial charge in [-0.25, -0.2) is 14.5 Å². The second-order valence-corrected chi connectivity index (χ2v) is 8.99. The Balaban J connectivity index is 1.53. The maximum absolute atomic E-state index is 6.41. The van der Waals surface area contributed by atoms with E-state index in [2.05, 4.69) is 60.4 Å². The number of aromatic nitrogens is 4. The first-order chi connectivity index (χ1) is 17.7. The maximum atomic E-state index is 6.41. The van der Waals surface area contributed by atoms with Crippen molar-refractivity contribution in [2.24, 2.45) is 0 Å². The van der Waals surface area contributed by atoms with E-state index in [1.807, 2.05) is 36.4 Å². The topological polar surface area (TPSA) is 61.5 Å². The van der Waals surface area contributed by atoms with Crippen molar-refractivity contribution in [3.8, 4) is 28.8 Å². The first-order valence-electron chi connectivity index (χ1n) is 11.9. The third-order valence-corrected chi connectivity index (χ3v) is 6.94. The van der Waals surface area contributed by atoms with Gasteiger partial charge in [-0.2, -0.15) is 0 Å². The van der Waals surface area contributed by atoms with E-state index in [1.54, 1.807) is 18.0 Å². The highest BCUT2D eigenvalue weighted by Crippen LogP contribution is 2.50. The molecule has 3 heterocycles. The summed E-state index contributed by atoms with van der Waals surface area (Å²) in [5, 5.41) is 7.09. The zero-order valence-electron chi connectivity index (χ0n) is 19.8. The fourth-order valence-corrected chi connectivity index (χ4v) is 5.17. The van der Waals surface area contributed by atoms with Crippen molar-refractivity contribution in [1.29, 1.82) is 0 Å². The van der Waals surface area contributed by atoms with Crippen LogP contribution in [0.15, 0.2) is 91.3 Å². The highest BCUT2D eigenvalue weighted by atomic mass is 16.5. The van der Waals surface area contributed by atoms with E-state index in [9.17, 15) is 0 Å². The smallest absolute Gasteiger partial charge is 0.228 e. The molecule has 0 spiro atoms. The number of fused-ring (bicyclic) bond motifs is 6. The zero-order chi connectivity index (χ0) is 24.2. The van der Waals surface area contributed by atoms with Crippen LogP contribution < -0.4 is 9.47 Å². The van der Waals surface area contributed by atoms with Gasteiger partial charge in [0.1, 0.15) is 17.8 Å². The Morgan fingerprint density at radius 1 is 0.861 bits per heavy atom. The summed E-state index contributed by atoms with van der Waals surface area (Å²) in [5.41, 5.74) is 5.96. The predicted molar refractivity (Wildman–Crippen MR) is 139 cm³/mol. The van der Waals surface area contributed by atoms with Crippen LogP contribution in [0, 0.1) is 6.92 Å². The number of hydrogen-bond donors (Lipinski definition) is 0. The molecule has 1 unspecified atom stereocenters. The third kappa shape index (κ3) is 3.08. The average molecular weight is 471 g/mol. The highest BCUT2D eigenvalue weighted by molar-refractivity contribution is 5.91. The van der Waals surface area contributed by atoms with Crippen molar-refractivity contribution in [2.45, 2.75) is 12.8 Å². The second kappa shape index (κ2) is 7.92. The monoisotopic (exact) mass is 470 g/mol. The molecule has 0 aliphatic carbocycles.